The van der Waals surface area contributed by atoms with Crippen molar-refractivity contribution >= 4 is 5.91 Å². The van der Waals surface area contributed by atoms with Crippen LogP contribution >= 0.6 is 0 Å². The smallest absolute Gasteiger partial charge is 0.252 e. The molecule has 1 aromatic rings. The molecule has 1 atom stereocenters. The summed E-state index contributed by atoms with van der Waals surface area (Å²) < 4.78 is 5.02. The van der Waals surface area contributed by atoms with Gasteiger partial charge in [-0.2, -0.15) is 0 Å². The predicted molar refractivity (Wildman–Crippen MR) is 58.8 cm³/mol. The zero-order valence-electron chi connectivity index (χ0n) is 8.78. The maximum atomic E-state index is 11.6. The van der Waals surface area contributed by atoms with Crippen molar-refractivity contribution in [2.75, 3.05) is 7.11 Å². The van der Waals surface area contributed by atoms with Crippen molar-refractivity contribution in [3.63, 3.8) is 0 Å². The number of rotatable bonds is 3. The van der Waals surface area contributed by atoms with E-state index >= 15 is 0 Å². The molecule has 1 rings (SSSR count). The van der Waals surface area contributed by atoms with E-state index < -0.39 is 0 Å². The van der Waals surface area contributed by atoms with Crippen molar-refractivity contribution in [3.8, 4) is 18.1 Å². The van der Waals surface area contributed by atoms with E-state index in [1.807, 2.05) is 0 Å². The van der Waals surface area contributed by atoms with Gasteiger partial charge in [0.15, 0.2) is 0 Å². The van der Waals surface area contributed by atoms with Crippen molar-refractivity contribution < 1.29 is 9.53 Å². The molecular formula is C12H13NO2. The number of hydrogen-bond donors (Lipinski definition) is 1. The Morgan fingerprint density at radius 1 is 1.60 bits per heavy atom. The number of terminal acetylenes is 1. The first-order chi connectivity index (χ1) is 7.17. The fourth-order valence-electron chi connectivity index (χ4n) is 1.09. The molecule has 0 saturated heterocycles. The third-order valence-electron chi connectivity index (χ3n) is 1.93. The summed E-state index contributed by atoms with van der Waals surface area (Å²) in [6.07, 6.45) is 5.17. The van der Waals surface area contributed by atoms with E-state index in [1.54, 1.807) is 38.3 Å². The zero-order valence-corrected chi connectivity index (χ0v) is 8.78. The first-order valence-corrected chi connectivity index (χ1v) is 4.58. The Kier molecular flexibility index (Phi) is 3.75. The number of amides is 1. The van der Waals surface area contributed by atoms with E-state index in [9.17, 15) is 4.79 Å². The molecule has 1 unspecified atom stereocenters. The van der Waals surface area contributed by atoms with E-state index in [0.717, 1.165) is 0 Å². The average Bonchev–Trinajstić information content (AvgIpc) is 2.28. The molecule has 1 aromatic carbocycles. The van der Waals surface area contributed by atoms with Crippen LogP contribution in [-0.4, -0.2) is 19.1 Å². The van der Waals surface area contributed by atoms with Crippen molar-refractivity contribution in [2.24, 2.45) is 0 Å². The van der Waals surface area contributed by atoms with Gasteiger partial charge in [0.2, 0.25) is 0 Å². The molecule has 0 fully saturated rings. The van der Waals surface area contributed by atoms with Crippen LogP contribution in [0.4, 0.5) is 0 Å². The highest BCUT2D eigenvalue weighted by molar-refractivity contribution is 5.94. The van der Waals surface area contributed by atoms with Gasteiger partial charge >= 0.3 is 0 Å². The van der Waals surface area contributed by atoms with Crippen molar-refractivity contribution in [2.45, 2.75) is 13.0 Å². The van der Waals surface area contributed by atoms with Gasteiger partial charge in [0.25, 0.3) is 5.91 Å². The van der Waals surface area contributed by atoms with Gasteiger partial charge < -0.3 is 10.1 Å². The SMILES string of the molecule is C#CC(C)NC(=O)c1cccc(OC)c1. The van der Waals surface area contributed by atoms with Crippen molar-refractivity contribution in [1.29, 1.82) is 0 Å². The molecule has 0 aliphatic heterocycles. The molecule has 1 amide bonds. The van der Waals surface area contributed by atoms with Gasteiger partial charge in [-0.1, -0.05) is 12.0 Å². The molecule has 0 bridgehead atoms. The molecule has 0 aliphatic carbocycles. The van der Waals surface area contributed by atoms with Gasteiger partial charge in [-0.05, 0) is 25.1 Å². The molecule has 3 heteroatoms. The molecule has 78 valence electrons. The number of nitrogens with one attached hydrogen (secondary N) is 1. The summed E-state index contributed by atoms with van der Waals surface area (Å²) in [7, 11) is 1.56. The molecule has 0 saturated carbocycles. The highest BCUT2D eigenvalue weighted by Crippen LogP contribution is 2.12. The number of carbonyl (C=O) groups excluding carboxylic acids is 1. The summed E-state index contributed by atoms with van der Waals surface area (Å²) in [5, 5.41) is 2.67. The topological polar surface area (TPSA) is 38.3 Å². The minimum Gasteiger partial charge on any atom is -0.497 e. The lowest BCUT2D eigenvalue weighted by Crippen LogP contribution is -2.31. The first-order valence-electron chi connectivity index (χ1n) is 4.58. The summed E-state index contributed by atoms with van der Waals surface area (Å²) in [5.41, 5.74) is 0.538. The average molecular weight is 203 g/mol. The maximum absolute atomic E-state index is 11.6. The van der Waals surface area contributed by atoms with E-state index in [2.05, 4.69) is 11.2 Å². The Morgan fingerprint density at radius 2 is 2.33 bits per heavy atom. The van der Waals surface area contributed by atoms with Gasteiger partial charge in [0, 0.05) is 5.56 Å². The van der Waals surface area contributed by atoms with Crippen LogP contribution < -0.4 is 10.1 Å². The lowest BCUT2D eigenvalue weighted by molar-refractivity contribution is 0.0948. The minimum absolute atomic E-state index is 0.195. The molecule has 0 aromatic heterocycles. The largest absolute Gasteiger partial charge is 0.497 e. The van der Waals surface area contributed by atoms with Crippen LogP contribution in [0.25, 0.3) is 0 Å². The molecule has 0 spiro atoms. The van der Waals surface area contributed by atoms with Crippen LogP contribution in [0.5, 0.6) is 5.75 Å². The Hall–Kier alpha value is -1.95. The second kappa shape index (κ2) is 5.06. The summed E-state index contributed by atoms with van der Waals surface area (Å²) in [6.45, 7) is 1.75. The van der Waals surface area contributed by atoms with E-state index in [0.29, 0.717) is 11.3 Å². The van der Waals surface area contributed by atoms with E-state index in [-0.39, 0.29) is 11.9 Å². The molecule has 0 aliphatic rings. The lowest BCUT2D eigenvalue weighted by atomic mass is 10.2. The number of carbonyl (C=O) groups is 1. The maximum Gasteiger partial charge on any atom is 0.252 e. The second-order valence-electron chi connectivity index (χ2n) is 3.09. The number of benzene rings is 1. The Bertz CT molecular complexity index is 393. The van der Waals surface area contributed by atoms with Crippen molar-refractivity contribution in [1.82, 2.24) is 5.32 Å². The van der Waals surface area contributed by atoms with Crippen LogP contribution in [0.3, 0.4) is 0 Å². The molecular weight excluding hydrogens is 190 g/mol. The van der Waals surface area contributed by atoms with Gasteiger partial charge in [-0.3, -0.25) is 4.79 Å². The minimum atomic E-state index is -0.274. The van der Waals surface area contributed by atoms with Gasteiger partial charge in [-0.25, -0.2) is 0 Å². The van der Waals surface area contributed by atoms with Crippen LogP contribution in [0.15, 0.2) is 24.3 Å². The van der Waals surface area contributed by atoms with Crippen LogP contribution in [0.2, 0.25) is 0 Å². The van der Waals surface area contributed by atoms with Crippen LogP contribution in [0.1, 0.15) is 17.3 Å². The normalized spacial score (nSPS) is 11.3. The zero-order chi connectivity index (χ0) is 11.3. The summed E-state index contributed by atoms with van der Waals surface area (Å²) in [6, 6.07) is 6.64. The molecule has 0 radical (unpaired) electrons. The Morgan fingerprint density at radius 3 is 2.93 bits per heavy atom. The predicted octanol–water partition coefficient (Wildman–Crippen LogP) is 1.45. The fraction of sp³-hybridized carbons (Fsp3) is 0.250. The number of ether oxygens (including phenoxy) is 1. The Labute approximate surface area is 89.4 Å². The third-order valence-corrected chi connectivity index (χ3v) is 1.93. The number of hydrogen-bond acceptors (Lipinski definition) is 2. The highest BCUT2D eigenvalue weighted by Gasteiger charge is 2.08. The lowest BCUT2D eigenvalue weighted by Gasteiger charge is -2.08. The van der Waals surface area contributed by atoms with Gasteiger partial charge in [0.05, 0.1) is 13.2 Å². The van der Waals surface area contributed by atoms with Gasteiger partial charge in [0.1, 0.15) is 5.75 Å². The van der Waals surface area contributed by atoms with Crippen LogP contribution in [-0.2, 0) is 0 Å². The summed E-state index contributed by atoms with van der Waals surface area (Å²) in [5.74, 6) is 2.89. The molecule has 1 N–H and O–H groups in total. The summed E-state index contributed by atoms with van der Waals surface area (Å²) >= 11 is 0. The first kappa shape index (κ1) is 11.1. The van der Waals surface area contributed by atoms with Gasteiger partial charge in [-0.15, -0.1) is 6.42 Å². The third kappa shape index (κ3) is 3.03. The number of methoxy groups -OCH3 is 1. The molecule has 15 heavy (non-hydrogen) atoms. The molecule has 3 nitrogen and oxygen atoms in total. The Balaban J connectivity index is 2.78. The van der Waals surface area contributed by atoms with Crippen molar-refractivity contribution in [3.05, 3.63) is 29.8 Å². The van der Waals surface area contributed by atoms with E-state index in [1.165, 1.54) is 0 Å². The fourth-order valence-corrected chi connectivity index (χ4v) is 1.09. The quantitative estimate of drug-likeness (QED) is 0.755. The highest BCUT2D eigenvalue weighted by atomic mass is 16.5. The van der Waals surface area contributed by atoms with E-state index in [4.69, 9.17) is 11.2 Å². The molecule has 0 heterocycles. The monoisotopic (exact) mass is 203 g/mol. The standard InChI is InChI=1S/C12H13NO2/c1-4-9(2)13-12(14)10-6-5-7-11(8-10)15-3/h1,5-9H,2-3H3,(H,13,14). The second-order valence-corrected chi connectivity index (χ2v) is 3.09. The van der Waals surface area contributed by atoms with Crippen LogP contribution in [0, 0.1) is 12.3 Å². The summed E-state index contributed by atoms with van der Waals surface area (Å²) in [4.78, 5) is 11.6.